The number of rotatable bonds is 12. The number of hydrogen-bond acceptors (Lipinski definition) is 5. The van der Waals surface area contributed by atoms with Crippen molar-refractivity contribution in [2.24, 2.45) is 0 Å². The van der Waals surface area contributed by atoms with Crippen LogP contribution in [0.4, 0.5) is 5.69 Å². The van der Waals surface area contributed by atoms with Crippen molar-refractivity contribution in [2.75, 3.05) is 24.5 Å². The summed E-state index contributed by atoms with van der Waals surface area (Å²) in [6, 6.07) is 14.7. The summed E-state index contributed by atoms with van der Waals surface area (Å²) < 4.78 is 0. The number of nitrogens with one attached hydrogen (secondary N) is 3. The van der Waals surface area contributed by atoms with Gasteiger partial charge < -0.3 is 25.8 Å². The standard InChI is InChI=1S/C37H51N5O4/c1-27(36(45)38-26-30-16-12-15-29-21-24-42(35(29)30)31-17-8-3-2-4-9-18-31)39-37(46)32(25-34(44)41-22-10-11-23-41)40-33(43)20-19-28-13-6-5-7-14-28/h5-7,12-16,27,31-32H,2-4,8-11,17-26H2,1H3,(H,38,45)(H,39,46)(H,40,43)/t27-,32-/m0/s1. The SMILES string of the molecule is C[C@H](NC(=O)[C@H](CC(=O)N1CCCC1)NC(=O)CCc1ccccc1)C(=O)NCc1cccc2c1N(C1CCCCCCC1)CC2. The zero-order valence-corrected chi connectivity index (χ0v) is 27.4. The average Bonchev–Trinajstić information content (AvgIpc) is 3.74. The van der Waals surface area contributed by atoms with Gasteiger partial charge in [-0.2, -0.15) is 0 Å². The highest BCUT2D eigenvalue weighted by molar-refractivity contribution is 5.94. The van der Waals surface area contributed by atoms with E-state index < -0.39 is 18.0 Å². The number of para-hydroxylation sites is 1. The molecule has 1 saturated heterocycles. The Morgan fingerprint density at radius 1 is 0.804 bits per heavy atom. The molecule has 2 aromatic rings. The molecule has 2 heterocycles. The van der Waals surface area contributed by atoms with Crippen LogP contribution < -0.4 is 20.9 Å². The van der Waals surface area contributed by atoms with Crippen molar-refractivity contribution in [3.05, 3.63) is 65.2 Å². The predicted octanol–water partition coefficient (Wildman–Crippen LogP) is 4.41. The highest BCUT2D eigenvalue weighted by atomic mass is 16.2. The highest BCUT2D eigenvalue weighted by Gasteiger charge is 2.31. The summed E-state index contributed by atoms with van der Waals surface area (Å²) in [5.74, 6) is -1.30. The molecule has 0 bridgehead atoms. The molecule has 2 atom stereocenters. The van der Waals surface area contributed by atoms with E-state index >= 15 is 0 Å². The molecule has 0 radical (unpaired) electrons. The van der Waals surface area contributed by atoms with E-state index in [0.29, 0.717) is 32.1 Å². The average molecular weight is 630 g/mol. The van der Waals surface area contributed by atoms with Crippen molar-refractivity contribution in [3.8, 4) is 0 Å². The second-order valence-corrected chi connectivity index (χ2v) is 13.2. The Labute approximate surface area is 273 Å². The smallest absolute Gasteiger partial charge is 0.243 e. The third-order valence-electron chi connectivity index (χ3n) is 9.81. The van der Waals surface area contributed by atoms with Gasteiger partial charge in [0.05, 0.1) is 6.42 Å². The number of anilines is 1. The molecule has 248 valence electrons. The minimum absolute atomic E-state index is 0.135. The molecule has 0 unspecified atom stereocenters. The quantitative estimate of drug-likeness (QED) is 0.322. The van der Waals surface area contributed by atoms with Crippen LogP contribution in [0.2, 0.25) is 0 Å². The molecule has 2 aliphatic heterocycles. The highest BCUT2D eigenvalue weighted by Crippen LogP contribution is 2.36. The normalized spacial score (nSPS) is 18.2. The van der Waals surface area contributed by atoms with E-state index in [9.17, 15) is 19.2 Å². The topological polar surface area (TPSA) is 111 Å². The van der Waals surface area contributed by atoms with Gasteiger partial charge in [-0.1, -0.05) is 80.6 Å². The minimum atomic E-state index is -1.05. The molecule has 0 spiro atoms. The number of carbonyl (C=O) groups is 4. The number of amides is 4. The zero-order chi connectivity index (χ0) is 32.3. The van der Waals surface area contributed by atoms with Crippen LogP contribution in [0.3, 0.4) is 0 Å². The third-order valence-corrected chi connectivity index (χ3v) is 9.81. The van der Waals surface area contributed by atoms with Crippen LogP contribution in [-0.4, -0.2) is 66.3 Å². The Morgan fingerprint density at radius 2 is 1.52 bits per heavy atom. The Balaban J connectivity index is 1.18. The predicted molar refractivity (Wildman–Crippen MR) is 180 cm³/mol. The molecule has 4 amide bonds. The van der Waals surface area contributed by atoms with E-state index in [4.69, 9.17) is 0 Å². The van der Waals surface area contributed by atoms with Crippen LogP contribution in [-0.2, 0) is 38.6 Å². The lowest BCUT2D eigenvalue weighted by molar-refractivity contribution is -0.136. The molecule has 3 aliphatic rings. The van der Waals surface area contributed by atoms with E-state index in [1.165, 1.54) is 56.2 Å². The molecule has 9 heteroatoms. The van der Waals surface area contributed by atoms with Crippen molar-refractivity contribution in [1.82, 2.24) is 20.9 Å². The number of hydrogen-bond donors (Lipinski definition) is 3. The lowest BCUT2D eigenvalue weighted by atomic mass is 9.95. The summed E-state index contributed by atoms with van der Waals surface area (Å²) in [7, 11) is 0. The summed E-state index contributed by atoms with van der Waals surface area (Å²) in [6.07, 6.45) is 12.4. The largest absolute Gasteiger partial charge is 0.368 e. The molecule has 1 saturated carbocycles. The third kappa shape index (κ3) is 9.10. The molecular weight excluding hydrogens is 578 g/mol. The number of likely N-dealkylation sites (tertiary alicyclic amines) is 1. The Hall–Kier alpha value is -3.88. The van der Waals surface area contributed by atoms with Crippen molar-refractivity contribution in [2.45, 2.75) is 115 Å². The van der Waals surface area contributed by atoms with Gasteiger partial charge in [0, 0.05) is 44.3 Å². The Morgan fingerprint density at radius 3 is 2.26 bits per heavy atom. The fourth-order valence-corrected chi connectivity index (χ4v) is 7.19. The lowest BCUT2D eigenvalue weighted by Gasteiger charge is -2.33. The lowest BCUT2D eigenvalue weighted by Crippen LogP contribution is -2.54. The molecule has 3 N–H and O–H groups in total. The van der Waals surface area contributed by atoms with E-state index in [1.807, 2.05) is 30.3 Å². The van der Waals surface area contributed by atoms with Crippen molar-refractivity contribution in [3.63, 3.8) is 0 Å². The minimum Gasteiger partial charge on any atom is -0.368 e. The van der Waals surface area contributed by atoms with Gasteiger partial charge in [-0.25, -0.2) is 0 Å². The first-order chi connectivity index (χ1) is 22.4. The van der Waals surface area contributed by atoms with Crippen LogP contribution in [0, 0.1) is 0 Å². The van der Waals surface area contributed by atoms with Crippen LogP contribution in [0.1, 0.15) is 94.2 Å². The number of benzene rings is 2. The maximum Gasteiger partial charge on any atom is 0.243 e. The molecular formula is C37H51N5O4. The number of aryl methyl sites for hydroxylation is 1. The van der Waals surface area contributed by atoms with Crippen LogP contribution in [0.25, 0.3) is 0 Å². The number of nitrogens with zero attached hydrogens (tertiary/aromatic N) is 2. The van der Waals surface area contributed by atoms with Gasteiger partial charge >= 0.3 is 0 Å². The molecule has 1 aliphatic carbocycles. The molecule has 2 aromatic carbocycles. The molecule has 0 aromatic heterocycles. The fraction of sp³-hybridized carbons (Fsp3) is 0.568. The van der Waals surface area contributed by atoms with Crippen LogP contribution in [0.15, 0.2) is 48.5 Å². The second-order valence-electron chi connectivity index (χ2n) is 13.2. The van der Waals surface area contributed by atoms with Crippen molar-refractivity contribution < 1.29 is 19.2 Å². The molecule has 5 rings (SSSR count). The summed E-state index contributed by atoms with van der Waals surface area (Å²) in [6.45, 7) is 4.36. The first kappa shape index (κ1) is 33.5. The van der Waals surface area contributed by atoms with Gasteiger partial charge in [-0.15, -0.1) is 0 Å². The maximum absolute atomic E-state index is 13.4. The van der Waals surface area contributed by atoms with E-state index in [1.54, 1.807) is 11.8 Å². The summed E-state index contributed by atoms with van der Waals surface area (Å²) >= 11 is 0. The number of carbonyl (C=O) groups excluding carboxylic acids is 4. The Bertz CT molecular complexity index is 1330. The van der Waals surface area contributed by atoms with Crippen LogP contribution in [0.5, 0.6) is 0 Å². The monoisotopic (exact) mass is 629 g/mol. The van der Waals surface area contributed by atoms with Gasteiger partial charge in [0.15, 0.2) is 0 Å². The van der Waals surface area contributed by atoms with Crippen LogP contribution >= 0.6 is 0 Å². The van der Waals surface area contributed by atoms with Gasteiger partial charge in [-0.05, 0) is 62.1 Å². The molecule has 9 nitrogen and oxygen atoms in total. The molecule has 2 fully saturated rings. The van der Waals surface area contributed by atoms with E-state index in [-0.39, 0.29) is 30.6 Å². The van der Waals surface area contributed by atoms with Crippen molar-refractivity contribution >= 4 is 29.3 Å². The van der Waals surface area contributed by atoms with Gasteiger partial charge in [-0.3, -0.25) is 19.2 Å². The summed E-state index contributed by atoms with van der Waals surface area (Å²) in [5.41, 5.74) is 4.73. The fourth-order valence-electron chi connectivity index (χ4n) is 7.19. The summed E-state index contributed by atoms with van der Waals surface area (Å²) in [4.78, 5) is 56.9. The van der Waals surface area contributed by atoms with Crippen molar-refractivity contribution in [1.29, 1.82) is 0 Å². The van der Waals surface area contributed by atoms with E-state index in [0.717, 1.165) is 36.9 Å². The zero-order valence-electron chi connectivity index (χ0n) is 27.4. The molecule has 46 heavy (non-hydrogen) atoms. The Kier molecular flexibility index (Phi) is 12.1. The van der Waals surface area contributed by atoms with Gasteiger partial charge in [0.1, 0.15) is 12.1 Å². The van der Waals surface area contributed by atoms with Gasteiger partial charge in [0.2, 0.25) is 23.6 Å². The first-order valence-corrected chi connectivity index (χ1v) is 17.5. The number of fused-ring (bicyclic) bond motifs is 1. The maximum atomic E-state index is 13.4. The van der Waals surface area contributed by atoms with Gasteiger partial charge in [0.25, 0.3) is 0 Å². The van der Waals surface area contributed by atoms with E-state index in [2.05, 4.69) is 39.0 Å². The second kappa shape index (κ2) is 16.6. The first-order valence-electron chi connectivity index (χ1n) is 17.5. The summed E-state index contributed by atoms with van der Waals surface area (Å²) in [5, 5.41) is 8.59.